The molecule has 1 saturated heterocycles. The Bertz CT molecular complexity index is 813. The van der Waals surface area contributed by atoms with E-state index in [1.165, 1.54) is 0 Å². The largest absolute Gasteiger partial charge is 0.497 e. The normalized spacial score (nSPS) is 14.2. The van der Waals surface area contributed by atoms with Crippen LogP contribution in [0, 0.1) is 0 Å². The zero-order valence-corrected chi connectivity index (χ0v) is 16.8. The van der Waals surface area contributed by atoms with Crippen molar-refractivity contribution >= 4 is 23.4 Å². The molecule has 0 aliphatic carbocycles. The maximum atomic E-state index is 12.3. The zero-order chi connectivity index (χ0) is 20.6. The highest BCUT2D eigenvalue weighted by Crippen LogP contribution is 2.20. The lowest BCUT2D eigenvalue weighted by atomic mass is 10.0. The van der Waals surface area contributed by atoms with Gasteiger partial charge in [-0.15, -0.1) is 0 Å². The van der Waals surface area contributed by atoms with Crippen LogP contribution in [-0.4, -0.2) is 49.7 Å². The fourth-order valence-electron chi connectivity index (χ4n) is 3.25. The minimum absolute atomic E-state index is 0.167. The first-order chi connectivity index (χ1) is 14.1. The fourth-order valence-corrected chi connectivity index (χ4v) is 3.25. The number of carbonyl (C=O) groups is 2. The third-order valence-electron chi connectivity index (χ3n) is 4.89. The van der Waals surface area contributed by atoms with Crippen LogP contribution in [0.25, 0.3) is 0 Å². The van der Waals surface area contributed by atoms with Crippen LogP contribution in [0.3, 0.4) is 0 Å². The van der Waals surface area contributed by atoms with Gasteiger partial charge in [0.1, 0.15) is 5.75 Å². The molecule has 0 radical (unpaired) electrons. The summed E-state index contributed by atoms with van der Waals surface area (Å²) in [6.45, 7) is 3.59. The fraction of sp³-hybridized carbons (Fsp3) is 0.364. The van der Waals surface area contributed by atoms with Gasteiger partial charge >= 0.3 is 6.09 Å². The molecule has 0 bridgehead atoms. The minimum atomic E-state index is -0.233. The van der Waals surface area contributed by atoms with E-state index >= 15 is 0 Å². The van der Waals surface area contributed by atoms with Gasteiger partial charge in [0, 0.05) is 36.1 Å². The van der Waals surface area contributed by atoms with E-state index in [4.69, 9.17) is 9.47 Å². The molecule has 3 rings (SSSR count). The lowest BCUT2D eigenvalue weighted by molar-refractivity contribution is 0.0981. The van der Waals surface area contributed by atoms with Crippen molar-refractivity contribution in [1.29, 1.82) is 0 Å². The monoisotopic (exact) mass is 397 g/mol. The summed E-state index contributed by atoms with van der Waals surface area (Å²) in [5.41, 5.74) is 2.29. The van der Waals surface area contributed by atoms with Crippen LogP contribution in [0.1, 0.15) is 30.1 Å². The Hall–Kier alpha value is -3.22. The van der Waals surface area contributed by atoms with Crippen molar-refractivity contribution in [2.45, 2.75) is 25.8 Å². The van der Waals surface area contributed by atoms with Gasteiger partial charge in [0.25, 0.3) is 5.91 Å². The Morgan fingerprint density at radius 2 is 1.62 bits per heavy atom. The van der Waals surface area contributed by atoms with Crippen molar-refractivity contribution in [2.24, 2.45) is 0 Å². The van der Waals surface area contributed by atoms with E-state index in [2.05, 4.69) is 10.6 Å². The molecule has 7 nitrogen and oxygen atoms in total. The molecule has 1 aliphatic heterocycles. The molecule has 0 spiro atoms. The molecule has 29 heavy (non-hydrogen) atoms. The number of hydrogen-bond donors (Lipinski definition) is 2. The quantitative estimate of drug-likeness (QED) is 0.771. The van der Waals surface area contributed by atoms with Gasteiger partial charge in [0.15, 0.2) is 0 Å². The third kappa shape index (κ3) is 5.63. The predicted octanol–water partition coefficient (Wildman–Crippen LogP) is 3.98. The topological polar surface area (TPSA) is 79.9 Å². The predicted molar refractivity (Wildman–Crippen MR) is 113 cm³/mol. The molecule has 0 unspecified atom stereocenters. The lowest BCUT2D eigenvalue weighted by Crippen LogP contribution is -2.42. The molecule has 0 aromatic heterocycles. The van der Waals surface area contributed by atoms with Gasteiger partial charge in [-0.25, -0.2) is 4.79 Å². The molecule has 2 N–H and O–H groups in total. The number of methoxy groups -OCH3 is 1. The highest BCUT2D eigenvalue weighted by molar-refractivity contribution is 6.04. The highest BCUT2D eigenvalue weighted by Gasteiger charge is 2.23. The second-order valence-electron chi connectivity index (χ2n) is 6.86. The standard InChI is InChI=1S/C22H27N3O4/c1-3-29-22(27)25-14-12-19(13-15-25)23-17-6-8-18(9-7-17)24-21(26)16-4-10-20(28-2)11-5-16/h4-11,19,23H,3,12-15H2,1-2H3,(H,24,26). The van der Waals surface area contributed by atoms with E-state index in [1.54, 1.807) is 36.3 Å². The van der Waals surface area contributed by atoms with Gasteiger partial charge in [-0.05, 0) is 68.3 Å². The molecule has 0 saturated carbocycles. The van der Waals surface area contributed by atoms with Crippen LogP contribution in [0.2, 0.25) is 0 Å². The Labute approximate surface area is 171 Å². The number of carbonyl (C=O) groups excluding carboxylic acids is 2. The Morgan fingerprint density at radius 1 is 1.00 bits per heavy atom. The van der Waals surface area contributed by atoms with Crippen LogP contribution in [0.4, 0.5) is 16.2 Å². The average molecular weight is 397 g/mol. The van der Waals surface area contributed by atoms with E-state index in [9.17, 15) is 9.59 Å². The van der Waals surface area contributed by atoms with Crippen molar-refractivity contribution in [3.8, 4) is 5.75 Å². The number of likely N-dealkylation sites (tertiary alicyclic amines) is 1. The number of hydrogen-bond acceptors (Lipinski definition) is 5. The van der Waals surface area contributed by atoms with Crippen LogP contribution in [0.5, 0.6) is 5.75 Å². The second kappa shape index (κ2) is 9.82. The van der Waals surface area contributed by atoms with E-state index in [1.807, 2.05) is 31.2 Å². The molecule has 2 aromatic rings. The van der Waals surface area contributed by atoms with Crippen LogP contribution < -0.4 is 15.4 Å². The molecule has 2 aromatic carbocycles. The van der Waals surface area contributed by atoms with Crippen molar-refractivity contribution in [1.82, 2.24) is 4.90 Å². The number of nitrogens with zero attached hydrogens (tertiary/aromatic N) is 1. The number of benzene rings is 2. The molecule has 154 valence electrons. The smallest absolute Gasteiger partial charge is 0.409 e. The van der Waals surface area contributed by atoms with E-state index in [-0.39, 0.29) is 12.0 Å². The molecule has 7 heteroatoms. The van der Waals surface area contributed by atoms with Gasteiger partial charge in [-0.2, -0.15) is 0 Å². The summed E-state index contributed by atoms with van der Waals surface area (Å²) in [4.78, 5) is 25.9. The first-order valence-corrected chi connectivity index (χ1v) is 9.82. The maximum Gasteiger partial charge on any atom is 0.409 e. The number of nitrogens with one attached hydrogen (secondary N) is 2. The van der Waals surface area contributed by atoms with Crippen LogP contribution in [0.15, 0.2) is 48.5 Å². The summed E-state index contributed by atoms with van der Waals surface area (Å²) >= 11 is 0. The van der Waals surface area contributed by atoms with Crippen molar-refractivity contribution in [3.63, 3.8) is 0 Å². The first-order valence-electron chi connectivity index (χ1n) is 9.82. The molecular weight excluding hydrogens is 370 g/mol. The van der Waals surface area contributed by atoms with Crippen molar-refractivity contribution < 1.29 is 19.1 Å². The van der Waals surface area contributed by atoms with Gasteiger partial charge in [-0.3, -0.25) is 4.79 Å². The summed E-state index contributed by atoms with van der Waals surface area (Å²) in [5.74, 6) is 0.546. The number of ether oxygens (including phenoxy) is 2. The SMILES string of the molecule is CCOC(=O)N1CCC(Nc2ccc(NC(=O)c3ccc(OC)cc3)cc2)CC1. The molecule has 2 amide bonds. The number of piperidine rings is 1. The second-order valence-corrected chi connectivity index (χ2v) is 6.86. The maximum absolute atomic E-state index is 12.3. The zero-order valence-electron chi connectivity index (χ0n) is 16.8. The summed E-state index contributed by atoms with van der Waals surface area (Å²) in [7, 11) is 1.59. The van der Waals surface area contributed by atoms with E-state index < -0.39 is 0 Å². The molecule has 1 aliphatic rings. The average Bonchev–Trinajstić information content (AvgIpc) is 2.76. The Kier molecular flexibility index (Phi) is 6.94. The summed E-state index contributed by atoms with van der Waals surface area (Å²) in [5, 5.41) is 6.38. The first kappa shape index (κ1) is 20.5. The third-order valence-corrected chi connectivity index (χ3v) is 4.89. The van der Waals surface area contributed by atoms with Crippen LogP contribution in [-0.2, 0) is 4.74 Å². The number of amides is 2. The lowest BCUT2D eigenvalue weighted by Gasteiger charge is -2.32. The number of anilines is 2. The molecular formula is C22H27N3O4. The highest BCUT2D eigenvalue weighted by atomic mass is 16.6. The molecule has 1 heterocycles. The van der Waals surface area contributed by atoms with Crippen molar-refractivity contribution in [2.75, 3.05) is 37.4 Å². The summed E-state index contributed by atoms with van der Waals surface area (Å²) in [6.07, 6.45) is 1.51. The van der Waals surface area contributed by atoms with Gasteiger partial charge < -0.3 is 25.0 Å². The van der Waals surface area contributed by atoms with Gasteiger partial charge in [-0.1, -0.05) is 0 Å². The molecule has 1 fully saturated rings. The van der Waals surface area contributed by atoms with Gasteiger partial charge in [0.2, 0.25) is 0 Å². The van der Waals surface area contributed by atoms with Crippen LogP contribution >= 0.6 is 0 Å². The van der Waals surface area contributed by atoms with E-state index in [0.29, 0.717) is 37.1 Å². The summed E-state index contributed by atoms with van der Waals surface area (Å²) in [6, 6.07) is 14.9. The summed E-state index contributed by atoms with van der Waals surface area (Å²) < 4.78 is 10.2. The molecule has 0 atom stereocenters. The minimum Gasteiger partial charge on any atom is -0.497 e. The van der Waals surface area contributed by atoms with Gasteiger partial charge in [0.05, 0.1) is 13.7 Å². The Balaban J connectivity index is 1.49. The van der Waals surface area contributed by atoms with E-state index in [0.717, 1.165) is 24.2 Å². The Morgan fingerprint density at radius 3 is 2.21 bits per heavy atom. The van der Waals surface area contributed by atoms with Crippen molar-refractivity contribution in [3.05, 3.63) is 54.1 Å². The number of rotatable bonds is 6.